The highest BCUT2D eigenvalue weighted by molar-refractivity contribution is 6.58. The van der Waals surface area contributed by atoms with Crippen LogP contribution in [0.3, 0.4) is 0 Å². The maximum Gasteiger partial charge on any atom is 0.491 e. The van der Waals surface area contributed by atoms with Gasteiger partial charge in [-0.15, -0.1) is 0 Å². The van der Waals surface area contributed by atoms with Crippen molar-refractivity contribution in [1.29, 1.82) is 0 Å². The Morgan fingerprint density at radius 2 is 2.00 bits per heavy atom. The summed E-state index contributed by atoms with van der Waals surface area (Å²) in [7, 11) is -0.261. The normalized spacial score (nSPS) is 10.9. The van der Waals surface area contributed by atoms with Crippen molar-refractivity contribution in [3.63, 3.8) is 0 Å². The van der Waals surface area contributed by atoms with E-state index < -0.39 is 12.5 Å². The summed E-state index contributed by atoms with van der Waals surface area (Å²) in [4.78, 5) is 19.2. The first kappa shape index (κ1) is 14.4. The number of methoxy groups -OCH3 is 1. The third-order valence-corrected chi connectivity index (χ3v) is 2.40. The van der Waals surface area contributed by atoms with Crippen molar-refractivity contribution in [2.24, 2.45) is 5.41 Å². The maximum atomic E-state index is 11.4. The number of ether oxygens (including phenoxy) is 1. The number of nitrogens with zero attached hydrogens (tertiary/aromatic N) is 2. The highest BCUT2D eigenvalue weighted by Crippen LogP contribution is 2.16. The van der Waals surface area contributed by atoms with Gasteiger partial charge in [-0.1, -0.05) is 0 Å². The predicted molar refractivity (Wildman–Crippen MR) is 66.1 cm³/mol. The number of anilines is 1. The number of nitrogens with one attached hydrogen (secondary N) is 1. The van der Waals surface area contributed by atoms with Gasteiger partial charge in [0.15, 0.2) is 0 Å². The van der Waals surface area contributed by atoms with Crippen molar-refractivity contribution in [2.45, 2.75) is 13.8 Å². The minimum absolute atomic E-state index is 0.202. The van der Waals surface area contributed by atoms with E-state index in [1.807, 2.05) is 0 Å². The van der Waals surface area contributed by atoms with Crippen molar-refractivity contribution in [1.82, 2.24) is 9.97 Å². The molecular formula is C10H16BN3O4. The zero-order valence-corrected chi connectivity index (χ0v) is 10.5. The highest BCUT2D eigenvalue weighted by atomic mass is 16.5. The van der Waals surface area contributed by atoms with Crippen molar-refractivity contribution < 1.29 is 19.6 Å². The van der Waals surface area contributed by atoms with Crippen LogP contribution in [-0.2, 0) is 9.53 Å². The minimum atomic E-state index is -1.59. The number of rotatable bonds is 5. The molecule has 0 spiro atoms. The highest BCUT2D eigenvalue weighted by Gasteiger charge is 2.28. The van der Waals surface area contributed by atoms with E-state index in [1.165, 1.54) is 19.5 Å². The van der Waals surface area contributed by atoms with Gasteiger partial charge in [-0.2, -0.15) is 0 Å². The van der Waals surface area contributed by atoms with Crippen LogP contribution in [0.2, 0.25) is 0 Å². The fourth-order valence-electron chi connectivity index (χ4n) is 1.21. The standard InChI is InChI=1S/C10H16BN3O4/c1-10(2,8(15)18-3)6-14-9-12-4-7(5-13-9)11(16)17/h4-5,16-17H,6H2,1-3H3,(H,12,13,14). The van der Waals surface area contributed by atoms with Crippen LogP contribution in [0.25, 0.3) is 0 Å². The lowest BCUT2D eigenvalue weighted by atomic mass is 9.83. The second-order valence-corrected chi connectivity index (χ2v) is 4.44. The Balaban J connectivity index is 2.61. The topological polar surface area (TPSA) is 105 Å². The Bertz CT molecular complexity index is 408. The molecule has 0 bridgehead atoms. The van der Waals surface area contributed by atoms with E-state index in [4.69, 9.17) is 10.0 Å². The molecule has 0 fully saturated rings. The van der Waals surface area contributed by atoms with Gasteiger partial charge in [-0.3, -0.25) is 4.79 Å². The molecular weight excluding hydrogens is 237 g/mol. The largest absolute Gasteiger partial charge is 0.491 e. The molecule has 0 unspecified atom stereocenters. The quantitative estimate of drug-likeness (QED) is 0.445. The summed E-state index contributed by atoms with van der Waals surface area (Å²) in [6.07, 6.45) is 2.59. The molecule has 0 aromatic carbocycles. The molecule has 1 aromatic heterocycles. The molecule has 8 heteroatoms. The van der Waals surface area contributed by atoms with Gasteiger partial charge in [-0.25, -0.2) is 9.97 Å². The maximum absolute atomic E-state index is 11.4. The number of aromatic nitrogens is 2. The van der Waals surface area contributed by atoms with Gasteiger partial charge in [0.05, 0.1) is 12.5 Å². The van der Waals surface area contributed by atoms with Crippen LogP contribution >= 0.6 is 0 Å². The lowest BCUT2D eigenvalue weighted by molar-refractivity contribution is -0.149. The van der Waals surface area contributed by atoms with Crippen LogP contribution in [0, 0.1) is 5.41 Å². The molecule has 1 aromatic rings. The average molecular weight is 253 g/mol. The van der Waals surface area contributed by atoms with E-state index in [0.29, 0.717) is 12.5 Å². The summed E-state index contributed by atoms with van der Waals surface area (Å²) in [5, 5.41) is 20.6. The summed E-state index contributed by atoms with van der Waals surface area (Å²) >= 11 is 0. The van der Waals surface area contributed by atoms with Crippen LogP contribution < -0.4 is 10.8 Å². The van der Waals surface area contributed by atoms with Crippen LogP contribution in [0.5, 0.6) is 0 Å². The Morgan fingerprint density at radius 1 is 1.44 bits per heavy atom. The van der Waals surface area contributed by atoms with Gasteiger partial charge in [0.1, 0.15) is 0 Å². The minimum Gasteiger partial charge on any atom is -0.469 e. The van der Waals surface area contributed by atoms with Gasteiger partial charge in [0, 0.05) is 24.4 Å². The Labute approximate surface area is 105 Å². The SMILES string of the molecule is COC(=O)C(C)(C)CNc1ncc(B(O)O)cn1. The second kappa shape index (κ2) is 5.79. The summed E-state index contributed by atoms with van der Waals surface area (Å²) in [5.41, 5.74) is -0.499. The lowest BCUT2D eigenvalue weighted by Gasteiger charge is -2.21. The molecule has 0 amide bonds. The number of carbonyl (C=O) groups is 1. The number of hydrogen-bond donors (Lipinski definition) is 3. The van der Waals surface area contributed by atoms with E-state index >= 15 is 0 Å². The van der Waals surface area contributed by atoms with E-state index in [1.54, 1.807) is 13.8 Å². The van der Waals surface area contributed by atoms with Crippen LogP contribution in [0.15, 0.2) is 12.4 Å². The molecule has 0 aliphatic heterocycles. The predicted octanol–water partition coefficient (Wildman–Crippen LogP) is -1.23. The summed E-state index contributed by atoms with van der Waals surface area (Å²) in [6.45, 7) is 3.77. The summed E-state index contributed by atoms with van der Waals surface area (Å²) in [5.74, 6) is -0.0335. The van der Waals surface area contributed by atoms with E-state index in [2.05, 4.69) is 20.0 Å². The van der Waals surface area contributed by atoms with E-state index in [-0.39, 0.29) is 11.4 Å². The molecule has 0 aliphatic carbocycles. The number of esters is 1. The summed E-state index contributed by atoms with van der Waals surface area (Å²) in [6, 6.07) is 0. The molecule has 0 radical (unpaired) electrons. The fraction of sp³-hybridized carbons (Fsp3) is 0.500. The molecule has 98 valence electrons. The number of hydrogen-bond acceptors (Lipinski definition) is 7. The molecule has 3 N–H and O–H groups in total. The third-order valence-electron chi connectivity index (χ3n) is 2.40. The molecule has 0 aliphatic rings. The average Bonchev–Trinajstić information content (AvgIpc) is 2.35. The van der Waals surface area contributed by atoms with Crippen LogP contribution in [0.1, 0.15) is 13.8 Å². The monoisotopic (exact) mass is 253 g/mol. The Morgan fingerprint density at radius 3 is 2.44 bits per heavy atom. The van der Waals surface area contributed by atoms with Gasteiger partial charge in [0.2, 0.25) is 5.95 Å². The van der Waals surface area contributed by atoms with Crippen LogP contribution in [-0.4, -0.2) is 46.8 Å². The Hall–Kier alpha value is -1.67. The van der Waals surface area contributed by atoms with E-state index in [0.717, 1.165) is 0 Å². The van der Waals surface area contributed by atoms with Crippen molar-refractivity contribution in [2.75, 3.05) is 19.0 Å². The fourth-order valence-corrected chi connectivity index (χ4v) is 1.21. The van der Waals surface area contributed by atoms with Gasteiger partial charge in [-0.05, 0) is 13.8 Å². The molecule has 1 heterocycles. The number of carbonyl (C=O) groups excluding carboxylic acids is 1. The summed E-state index contributed by atoms with van der Waals surface area (Å²) < 4.78 is 4.67. The Kier molecular flexibility index (Phi) is 4.63. The van der Waals surface area contributed by atoms with Gasteiger partial charge in [0.25, 0.3) is 0 Å². The molecule has 7 nitrogen and oxygen atoms in total. The zero-order chi connectivity index (χ0) is 13.8. The molecule has 1 rings (SSSR count). The van der Waals surface area contributed by atoms with E-state index in [9.17, 15) is 4.79 Å². The van der Waals surface area contributed by atoms with Gasteiger partial charge < -0.3 is 20.1 Å². The smallest absolute Gasteiger partial charge is 0.469 e. The first-order chi connectivity index (χ1) is 8.36. The van der Waals surface area contributed by atoms with Crippen molar-refractivity contribution in [3.05, 3.63) is 12.4 Å². The first-order valence-electron chi connectivity index (χ1n) is 5.37. The van der Waals surface area contributed by atoms with Crippen molar-refractivity contribution >= 4 is 24.5 Å². The zero-order valence-electron chi connectivity index (χ0n) is 10.5. The van der Waals surface area contributed by atoms with Crippen LogP contribution in [0.4, 0.5) is 5.95 Å². The molecule has 0 atom stereocenters. The first-order valence-corrected chi connectivity index (χ1v) is 5.37. The van der Waals surface area contributed by atoms with Crippen molar-refractivity contribution in [3.8, 4) is 0 Å². The molecule has 18 heavy (non-hydrogen) atoms. The van der Waals surface area contributed by atoms with Gasteiger partial charge >= 0.3 is 13.1 Å². The lowest BCUT2D eigenvalue weighted by Crippen LogP contribution is -2.34. The second-order valence-electron chi connectivity index (χ2n) is 4.44. The molecule has 0 saturated carbocycles. The molecule has 0 saturated heterocycles. The third kappa shape index (κ3) is 3.68.